The number of rotatable bonds is 3. The monoisotopic (exact) mass is 197 g/mol. The molecule has 0 aliphatic rings. The van der Waals surface area contributed by atoms with Crippen molar-refractivity contribution in [2.24, 2.45) is 0 Å². The first kappa shape index (κ1) is 9.66. The third-order valence-electron chi connectivity index (χ3n) is 1.19. The number of anilines is 1. The number of hydrazine groups is 1. The highest BCUT2D eigenvalue weighted by molar-refractivity contribution is 7.80. The van der Waals surface area contributed by atoms with Crippen molar-refractivity contribution in [2.75, 3.05) is 12.0 Å². The fraction of sp³-hybridized carbons (Fsp3) is 0.286. The van der Waals surface area contributed by atoms with Crippen molar-refractivity contribution < 1.29 is 0 Å². The van der Waals surface area contributed by atoms with E-state index in [4.69, 9.17) is 12.2 Å². The van der Waals surface area contributed by atoms with Gasteiger partial charge in [0.25, 0.3) is 0 Å². The summed E-state index contributed by atoms with van der Waals surface area (Å²) in [5, 5.41) is 3.44. The van der Waals surface area contributed by atoms with E-state index in [1.165, 1.54) is 0 Å². The van der Waals surface area contributed by atoms with Crippen LogP contribution in [0.1, 0.15) is 6.92 Å². The van der Waals surface area contributed by atoms with Gasteiger partial charge >= 0.3 is 0 Å². The van der Waals surface area contributed by atoms with Gasteiger partial charge in [0.05, 0.1) is 0 Å². The third-order valence-corrected chi connectivity index (χ3v) is 1.44. The van der Waals surface area contributed by atoms with Crippen LogP contribution in [-0.2, 0) is 0 Å². The molecule has 0 spiro atoms. The Bertz CT molecular complexity index is 263. The summed E-state index contributed by atoms with van der Waals surface area (Å²) in [5.74, 6) is 0.489. The Labute approximate surface area is 81.9 Å². The van der Waals surface area contributed by atoms with Crippen molar-refractivity contribution in [3.63, 3.8) is 0 Å². The van der Waals surface area contributed by atoms with Crippen LogP contribution in [0.5, 0.6) is 0 Å². The van der Waals surface area contributed by atoms with Gasteiger partial charge in [-0.05, 0) is 25.2 Å². The largest absolute Gasteiger partial charge is 0.362 e. The normalized spacial score (nSPS) is 9.00. The highest BCUT2D eigenvalue weighted by atomic mass is 32.1. The van der Waals surface area contributed by atoms with Crippen molar-refractivity contribution in [1.29, 1.82) is 0 Å². The second kappa shape index (κ2) is 5.26. The molecule has 1 rings (SSSR count). The van der Waals surface area contributed by atoms with Gasteiger partial charge < -0.3 is 5.32 Å². The smallest absolute Gasteiger partial charge is 0.241 e. The average molecular weight is 197 g/mol. The van der Waals surface area contributed by atoms with Crippen LogP contribution in [-0.4, -0.2) is 21.6 Å². The van der Waals surface area contributed by atoms with Gasteiger partial charge in [-0.3, -0.25) is 10.9 Å². The highest BCUT2D eigenvalue weighted by Crippen LogP contribution is 1.89. The maximum Gasteiger partial charge on any atom is 0.241 e. The van der Waals surface area contributed by atoms with Crippen molar-refractivity contribution in [3.05, 3.63) is 18.5 Å². The second-order valence-corrected chi connectivity index (χ2v) is 2.59. The zero-order chi connectivity index (χ0) is 9.52. The molecule has 3 N–H and O–H groups in total. The van der Waals surface area contributed by atoms with Crippen molar-refractivity contribution in [3.8, 4) is 0 Å². The van der Waals surface area contributed by atoms with Crippen LogP contribution in [0, 0.1) is 0 Å². The number of nitrogens with zero attached hydrogens (tertiary/aromatic N) is 2. The minimum atomic E-state index is 0.489. The number of thiocarbonyl (C=S) groups is 1. The molecule has 1 aromatic rings. The molecule has 0 unspecified atom stereocenters. The van der Waals surface area contributed by atoms with Gasteiger partial charge in [-0.1, -0.05) is 0 Å². The molecule has 0 radical (unpaired) electrons. The van der Waals surface area contributed by atoms with E-state index in [0.717, 1.165) is 6.54 Å². The van der Waals surface area contributed by atoms with E-state index in [1.54, 1.807) is 18.5 Å². The molecule has 5 nitrogen and oxygen atoms in total. The first-order valence-corrected chi connectivity index (χ1v) is 4.30. The highest BCUT2D eigenvalue weighted by Gasteiger charge is 1.93. The Morgan fingerprint density at radius 2 is 2.15 bits per heavy atom. The standard InChI is InChI=1S/C7H11N5S/c1-2-8-7(13)12-11-6-9-4-3-5-10-6/h3-5H,2H2,1H3,(H2,8,12,13)(H,9,10,11). The average Bonchev–Trinajstić information content (AvgIpc) is 2.17. The molecule has 0 fully saturated rings. The van der Waals surface area contributed by atoms with Crippen molar-refractivity contribution >= 4 is 23.3 Å². The van der Waals surface area contributed by atoms with Gasteiger partial charge in [-0.25, -0.2) is 9.97 Å². The van der Waals surface area contributed by atoms with Crippen LogP contribution in [0.3, 0.4) is 0 Å². The maximum atomic E-state index is 4.91. The number of nitrogens with one attached hydrogen (secondary N) is 3. The number of hydrogen-bond donors (Lipinski definition) is 3. The topological polar surface area (TPSA) is 61.9 Å². The lowest BCUT2D eigenvalue weighted by molar-refractivity contribution is 0.916. The van der Waals surface area contributed by atoms with Gasteiger partial charge in [0, 0.05) is 18.9 Å². The molecule has 0 saturated carbocycles. The molecule has 0 atom stereocenters. The molecule has 0 aromatic carbocycles. The van der Waals surface area contributed by atoms with E-state index in [2.05, 4.69) is 26.1 Å². The van der Waals surface area contributed by atoms with E-state index in [9.17, 15) is 0 Å². The Hall–Kier alpha value is -1.43. The fourth-order valence-corrected chi connectivity index (χ4v) is 0.876. The molecular formula is C7H11N5S. The van der Waals surface area contributed by atoms with Crippen molar-refractivity contribution in [2.45, 2.75) is 6.92 Å². The molecule has 0 saturated heterocycles. The molecule has 0 bridgehead atoms. The summed E-state index contributed by atoms with van der Waals surface area (Å²) in [6, 6.07) is 1.74. The van der Waals surface area contributed by atoms with Crippen LogP contribution in [0.15, 0.2) is 18.5 Å². The first-order chi connectivity index (χ1) is 6.33. The van der Waals surface area contributed by atoms with Crippen LogP contribution in [0.2, 0.25) is 0 Å². The number of aromatic nitrogens is 2. The zero-order valence-corrected chi connectivity index (χ0v) is 8.06. The van der Waals surface area contributed by atoms with Crippen LogP contribution >= 0.6 is 12.2 Å². The van der Waals surface area contributed by atoms with Gasteiger partial charge in [0.15, 0.2) is 5.11 Å². The predicted molar refractivity (Wildman–Crippen MR) is 55.1 cm³/mol. The second-order valence-electron chi connectivity index (χ2n) is 2.18. The molecule has 70 valence electrons. The lowest BCUT2D eigenvalue weighted by Crippen LogP contribution is -2.38. The van der Waals surface area contributed by atoms with E-state index < -0.39 is 0 Å². The quantitative estimate of drug-likeness (QED) is 0.478. The van der Waals surface area contributed by atoms with Crippen LogP contribution in [0.4, 0.5) is 5.95 Å². The molecule has 1 aromatic heterocycles. The lowest BCUT2D eigenvalue weighted by atomic mass is 10.7. The lowest BCUT2D eigenvalue weighted by Gasteiger charge is -2.08. The predicted octanol–water partition coefficient (Wildman–Crippen LogP) is 0.287. The Morgan fingerprint density at radius 3 is 2.77 bits per heavy atom. The molecule has 0 amide bonds. The molecule has 6 heteroatoms. The SMILES string of the molecule is CCNC(=S)NNc1ncccn1. The molecule has 0 aliphatic heterocycles. The summed E-state index contributed by atoms with van der Waals surface area (Å²) in [7, 11) is 0. The van der Waals surface area contributed by atoms with E-state index in [-0.39, 0.29) is 0 Å². The van der Waals surface area contributed by atoms with Gasteiger partial charge in [-0.15, -0.1) is 0 Å². The van der Waals surface area contributed by atoms with E-state index >= 15 is 0 Å². The van der Waals surface area contributed by atoms with Gasteiger partial charge in [0.1, 0.15) is 0 Å². The molecule has 13 heavy (non-hydrogen) atoms. The summed E-state index contributed by atoms with van der Waals surface area (Å²) in [5.41, 5.74) is 5.50. The fourth-order valence-electron chi connectivity index (χ4n) is 0.681. The van der Waals surface area contributed by atoms with E-state index in [1.807, 2.05) is 6.92 Å². The van der Waals surface area contributed by atoms with E-state index in [0.29, 0.717) is 11.1 Å². The minimum absolute atomic E-state index is 0.489. The summed E-state index contributed by atoms with van der Waals surface area (Å²) >= 11 is 4.91. The maximum absolute atomic E-state index is 4.91. The third kappa shape index (κ3) is 3.66. The minimum Gasteiger partial charge on any atom is -0.362 e. The first-order valence-electron chi connectivity index (χ1n) is 3.90. The molecule has 0 aliphatic carbocycles. The molecular weight excluding hydrogens is 186 g/mol. The van der Waals surface area contributed by atoms with Crippen LogP contribution in [0.25, 0.3) is 0 Å². The summed E-state index contributed by atoms with van der Waals surface area (Å²) in [6.45, 7) is 2.75. The number of hydrogen-bond acceptors (Lipinski definition) is 4. The Kier molecular flexibility index (Phi) is 3.90. The Balaban J connectivity index is 2.31. The summed E-state index contributed by atoms with van der Waals surface area (Å²) in [4.78, 5) is 7.88. The zero-order valence-electron chi connectivity index (χ0n) is 7.24. The Morgan fingerprint density at radius 1 is 1.46 bits per heavy atom. The van der Waals surface area contributed by atoms with Gasteiger partial charge in [-0.2, -0.15) is 0 Å². The summed E-state index contributed by atoms with van der Waals surface area (Å²) < 4.78 is 0. The molecule has 1 heterocycles. The van der Waals surface area contributed by atoms with Crippen molar-refractivity contribution in [1.82, 2.24) is 20.7 Å². The van der Waals surface area contributed by atoms with Gasteiger partial charge in [0.2, 0.25) is 5.95 Å². The summed E-state index contributed by atoms with van der Waals surface area (Å²) in [6.07, 6.45) is 3.29. The van der Waals surface area contributed by atoms with Crippen LogP contribution < -0.4 is 16.2 Å².